The second-order valence-electron chi connectivity index (χ2n) is 20.2. The number of benzene rings is 6. The van der Waals surface area contributed by atoms with Gasteiger partial charge in [0, 0.05) is 34.3 Å². The van der Waals surface area contributed by atoms with Gasteiger partial charge < -0.3 is 15.0 Å². The topological polar surface area (TPSA) is 38.7 Å². The fraction of sp³-hybridized carbons (Fsp3) is 0.239. The standard InChI is InChI=1S/C67H60N3S.Ir/c1-45-17-12-15-24-56(45)60-39-63(59-26-16-25-58-57-32-29-52(49-18-13-14-19-49)38-64(57)71-65(58)59)68-42-53(60)28-27-46-35-47(40-66(2,3)54-30-33-61(69-43-54)50-20-8-6-9-21-50)37-48(36-46)41-67(4,5)55-31-34-62(70-44-55)51-22-10-7-11-23-51;/h6-12,15-17,20,22,24-25,29-39,42-44,49H,13-14,18-19,27-28,40-41H2,1-5H3;/q-3;+3/i1D3,27D2,28D2,49D;. The molecule has 0 saturated heterocycles. The summed E-state index contributed by atoms with van der Waals surface area (Å²) in [6, 6.07) is 57.7. The number of nitrogens with zero attached hydrogens (tertiary/aromatic N) is 3. The first-order valence-electron chi connectivity index (χ1n) is 28.6. The van der Waals surface area contributed by atoms with Crippen LogP contribution in [0.4, 0.5) is 0 Å². The van der Waals surface area contributed by atoms with Crippen molar-refractivity contribution in [3.8, 4) is 44.9 Å². The van der Waals surface area contributed by atoms with Crippen molar-refractivity contribution < 1.29 is 31.1 Å². The van der Waals surface area contributed by atoms with E-state index in [1.807, 2.05) is 85.2 Å². The van der Waals surface area contributed by atoms with Gasteiger partial charge in [0.2, 0.25) is 0 Å². The van der Waals surface area contributed by atoms with E-state index in [4.69, 9.17) is 19.1 Å². The van der Waals surface area contributed by atoms with Crippen LogP contribution in [0.1, 0.15) is 115 Å². The van der Waals surface area contributed by atoms with Crippen LogP contribution in [0.5, 0.6) is 0 Å². The molecule has 1 aliphatic rings. The Morgan fingerprint density at radius 1 is 0.597 bits per heavy atom. The minimum absolute atomic E-state index is 0. The van der Waals surface area contributed by atoms with Gasteiger partial charge in [0.1, 0.15) is 0 Å². The van der Waals surface area contributed by atoms with Crippen LogP contribution in [0.2, 0.25) is 0 Å². The Morgan fingerprint density at radius 2 is 1.22 bits per heavy atom. The minimum atomic E-state index is -2.78. The molecule has 0 atom stereocenters. The smallest absolute Gasteiger partial charge is 0.304 e. The van der Waals surface area contributed by atoms with Gasteiger partial charge in [0.15, 0.2) is 0 Å². The Kier molecular flexibility index (Phi) is 11.7. The number of thiophene rings is 1. The van der Waals surface area contributed by atoms with E-state index in [-0.39, 0.29) is 47.9 Å². The van der Waals surface area contributed by atoms with E-state index < -0.39 is 36.3 Å². The first-order chi connectivity index (χ1) is 37.6. The van der Waals surface area contributed by atoms with Crippen molar-refractivity contribution in [2.24, 2.45) is 0 Å². The van der Waals surface area contributed by atoms with Crippen LogP contribution in [-0.2, 0) is 56.5 Å². The second kappa shape index (κ2) is 21.0. The van der Waals surface area contributed by atoms with Crippen molar-refractivity contribution in [2.75, 3.05) is 0 Å². The summed E-state index contributed by atoms with van der Waals surface area (Å²) in [5.41, 5.74) is 8.74. The summed E-state index contributed by atoms with van der Waals surface area (Å²) in [7, 11) is 0. The second-order valence-corrected chi connectivity index (χ2v) is 21.3. The van der Waals surface area contributed by atoms with Gasteiger partial charge >= 0.3 is 20.1 Å². The van der Waals surface area contributed by atoms with Crippen molar-refractivity contribution in [1.82, 2.24) is 15.0 Å². The number of aromatic nitrogens is 3. The minimum Gasteiger partial charge on any atom is -0.304 e. The largest absolute Gasteiger partial charge is 3.00 e. The van der Waals surface area contributed by atoms with Gasteiger partial charge in [-0.05, 0) is 151 Å². The maximum absolute atomic E-state index is 10.1. The molecule has 5 heteroatoms. The van der Waals surface area contributed by atoms with Gasteiger partial charge in [-0.3, -0.25) is 0 Å². The number of fused-ring (bicyclic) bond motifs is 3. The van der Waals surface area contributed by atoms with Gasteiger partial charge in [-0.2, -0.15) is 11.3 Å². The number of aryl methyl sites for hydroxylation is 3. The Hall–Kier alpha value is -6.36. The van der Waals surface area contributed by atoms with Gasteiger partial charge in [0.05, 0.1) is 0 Å². The number of rotatable bonds is 14. The van der Waals surface area contributed by atoms with Crippen LogP contribution in [0.3, 0.4) is 0 Å². The molecule has 0 spiro atoms. The average molecular weight is 1140 g/mol. The van der Waals surface area contributed by atoms with E-state index >= 15 is 0 Å². The van der Waals surface area contributed by atoms with Crippen LogP contribution in [0.15, 0.2) is 170 Å². The van der Waals surface area contributed by atoms with Gasteiger partial charge in [-0.15, -0.1) is 95.6 Å². The molecule has 10 aromatic rings. The van der Waals surface area contributed by atoms with Crippen LogP contribution >= 0.6 is 11.3 Å². The van der Waals surface area contributed by atoms with Crippen LogP contribution in [-0.4, -0.2) is 15.0 Å². The molecule has 4 aromatic heterocycles. The summed E-state index contributed by atoms with van der Waals surface area (Å²) >= 11 is 1.59. The molecule has 3 nitrogen and oxygen atoms in total. The summed E-state index contributed by atoms with van der Waals surface area (Å²) in [6.07, 6.45) is 4.39. The number of hydrogen-bond donors (Lipinski definition) is 0. The maximum atomic E-state index is 10.1. The Balaban J connectivity index is 0.00000720. The molecular weight excluding hydrogens is 1070 g/mol. The zero-order chi connectivity index (χ0) is 55.5. The molecule has 11 rings (SSSR count). The summed E-state index contributed by atoms with van der Waals surface area (Å²) in [5, 5.41) is 2.05. The molecule has 0 unspecified atom stereocenters. The number of hydrogen-bond acceptors (Lipinski definition) is 4. The zero-order valence-electron chi connectivity index (χ0n) is 49.0. The first kappa shape index (κ1) is 40.2. The molecule has 72 heavy (non-hydrogen) atoms. The molecule has 1 fully saturated rings. The van der Waals surface area contributed by atoms with Gasteiger partial charge in [0.25, 0.3) is 0 Å². The Bertz CT molecular complexity index is 3740. The molecule has 0 N–H and O–H groups in total. The number of pyridine rings is 3. The fourth-order valence-corrected chi connectivity index (χ4v) is 11.5. The van der Waals surface area contributed by atoms with E-state index in [1.54, 1.807) is 47.7 Å². The van der Waals surface area contributed by atoms with E-state index in [0.717, 1.165) is 96.2 Å². The molecule has 0 bridgehead atoms. The van der Waals surface area contributed by atoms with Crippen LogP contribution in [0, 0.1) is 25.1 Å². The van der Waals surface area contributed by atoms with Crippen molar-refractivity contribution in [2.45, 2.75) is 103 Å². The van der Waals surface area contributed by atoms with Crippen molar-refractivity contribution in [1.29, 1.82) is 0 Å². The molecule has 0 amide bonds. The van der Waals surface area contributed by atoms with E-state index in [2.05, 4.69) is 82.3 Å². The molecule has 0 radical (unpaired) electrons. The fourth-order valence-electron chi connectivity index (χ4n) is 10.3. The summed E-state index contributed by atoms with van der Waals surface area (Å²) in [6.45, 7) is 5.97. The molecule has 1 aliphatic carbocycles. The van der Waals surface area contributed by atoms with E-state index in [0.29, 0.717) is 24.1 Å². The first-order valence-corrected chi connectivity index (χ1v) is 25.4. The van der Waals surface area contributed by atoms with Gasteiger partial charge in [-0.25, -0.2) is 0 Å². The molecule has 1 saturated carbocycles. The molecule has 6 aromatic carbocycles. The normalized spacial score (nSPS) is 15.8. The Morgan fingerprint density at radius 3 is 1.83 bits per heavy atom. The van der Waals surface area contributed by atoms with Crippen molar-refractivity contribution in [3.63, 3.8) is 0 Å². The van der Waals surface area contributed by atoms with Crippen molar-refractivity contribution in [3.05, 3.63) is 233 Å². The molecule has 0 aliphatic heterocycles. The quantitative estimate of drug-likeness (QED) is 0.102. The SMILES string of the molecule is [2H]C([2H])([2H])c1ccccc1-c1cc(-c2[c-]ccc3c2sc2cc(C4([2H])CCCC4)ccc23)ncc1C([2H])([2H])C([2H])([2H])c1cc(CC(C)(C)c2ccc(-c3[c-]cccc3)nc2)cc(CC(C)(C)c2ccc(-c3[c-]cccc3)nc2)c1.[Ir+3]. The third-order valence-electron chi connectivity index (χ3n) is 14.2. The van der Waals surface area contributed by atoms with E-state index in [1.165, 1.54) is 12.3 Å². The predicted octanol–water partition coefficient (Wildman–Crippen LogP) is 17.1. The molecular formula is C67H60IrN3S. The third kappa shape index (κ3) is 10.4. The molecule has 358 valence electrons. The summed E-state index contributed by atoms with van der Waals surface area (Å²) < 4.78 is 77.7. The predicted molar refractivity (Wildman–Crippen MR) is 297 cm³/mol. The summed E-state index contributed by atoms with van der Waals surface area (Å²) in [4.78, 5) is 14.6. The van der Waals surface area contributed by atoms with E-state index in [9.17, 15) is 6.85 Å². The molecule has 4 heterocycles. The van der Waals surface area contributed by atoms with Crippen LogP contribution < -0.4 is 0 Å². The van der Waals surface area contributed by atoms with Gasteiger partial charge in [-0.1, -0.05) is 131 Å². The zero-order valence-corrected chi connectivity index (χ0v) is 44.2. The van der Waals surface area contributed by atoms with Crippen LogP contribution in [0.25, 0.3) is 65.1 Å². The van der Waals surface area contributed by atoms with Crippen molar-refractivity contribution >= 4 is 31.5 Å². The third-order valence-corrected chi connectivity index (χ3v) is 15.4. The monoisotopic (exact) mass is 1140 g/mol. The summed E-state index contributed by atoms with van der Waals surface area (Å²) in [5.74, 6) is -0.610. The average Bonchev–Trinajstić information content (AvgIpc) is 4.23. The maximum Gasteiger partial charge on any atom is 3.00 e. The Labute approximate surface area is 455 Å².